The molecule has 7 heteroatoms. The number of esters is 1. The van der Waals surface area contributed by atoms with Crippen LogP contribution in [0.2, 0.25) is 0 Å². The molecule has 110 valence electrons. The number of pyridine rings is 1. The molecule has 0 bridgehead atoms. The monoisotopic (exact) mass is 305 g/mol. The van der Waals surface area contributed by atoms with Crippen LogP contribution in [0.4, 0.5) is 5.13 Å². The molecule has 0 aliphatic carbocycles. The van der Waals surface area contributed by atoms with Crippen LogP contribution in [0.15, 0.2) is 23.7 Å². The van der Waals surface area contributed by atoms with E-state index in [2.05, 4.69) is 15.3 Å². The highest BCUT2D eigenvalue weighted by Crippen LogP contribution is 2.17. The van der Waals surface area contributed by atoms with Gasteiger partial charge in [-0.25, -0.2) is 4.98 Å². The molecule has 21 heavy (non-hydrogen) atoms. The number of rotatable bonds is 5. The van der Waals surface area contributed by atoms with Gasteiger partial charge in [0.05, 0.1) is 24.3 Å². The molecule has 0 aromatic carbocycles. The summed E-state index contributed by atoms with van der Waals surface area (Å²) >= 11 is 1.27. The van der Waals surface area contributed by atoms with Crippen LogP contribution in [-0.4, -0.2) is 28.5 Å². The molecule has 2 rings (SSSR count). The first-order chi connectivity index (χ1) is 10.1. The van der Waals surface area contributed by atoms with E-state index in [9.17, 15) is 9.59 Å². The van der Waals surface area contributed by atoms with Crippen LogP contribution in [0, 0.1) is 6.92 Å². The van der Waals surface area contributed by atoms with Gasteiger partial charge in [0, 0.05) is 17.3 Å². The number of carbonyl (C=O) groups is 2. The number of aromatic nitrogens is 2. The van der Waals surface area contributed by atoms with Crippen molar-refractivity contribution in [2.75, 3.05) is 11.9 Å². The van der Waals surface area contributed by atoms with Crippen LogP contribution in [-0.2, 0) is 16.0 Å². The molecule has 2 aromatic rings. The number of thiazole rings is 1. The van der Waals surface area contributed by atoms with Gasteiger partial charge in [0.15, 0.2) is 5.13 Å². The zero-order valence-corrected chi connectivity index (χ0v) is 12.6. The van der Waals surface area contributed by atoms with E-state index in [1.54, 1.807) is 37.6 Å². The Morgan fingerprint density at radius 3 is 2.95 bits per heavy atom. The Bertz CT molecular complexity index is 654. The molecule has 0 saturated carbocycles. The molecule has 0 radical (unpaired) electrons. The number of hydrogen-bond donors (Lipinski definition) is 1. The average Bonchev–Trinajstić information content (AvgIpc) is 2.86. The van der Waals surface area contributed by atoms with Crippen LogP contribution in [0.25, 0.3) is 0 Å². The molecule has 6 nitrogen and oxygen atoms in total. The molecule has 2 heterocycles. The molecule has 0 fully saturated rings. The highest BCUT2D eigenvalue weighted by molar-refractivity contribution is 7.14. The number of amides is 1. The number of anilines is 1. The van der Waals surface area contributed by atoms with Crippen LogP contribution in [0.3, 0.4) is 0 Å². The third kappa shape index (κ3) is 4.09. The van der Waals surface area contributed by atoms with Crippen molar-refractivity contribution in [2.24, 2.45) is 0 Å². The maximum Gasteiger partial charge on any atom is 0.311 e. The fraction of sp³-hybridized carbons (Fsp3) is 0.286. The van der Waals surface area contributed by atoms with Crippen molar-refractivity contribution in [1.29, 1.82) is 0 Å². The Morgan fingerprint density at radius 1 is 1.43 bits per heavy atom. The van der Waals surface area contributed by atoms with E-state index in [-0.39, 0.29) is 18.3 Å². The van der Waals surface area contributed by atoms with Crippen molar-refractivity contribution >= 4 is 28.3 Å². The molecule has 2 aromatic heterocycles. The van der Waals surface area contributed by atoms with E-state index in [1.165, 1.54) is 11.3 Å². The van der Waals surface area contributed by atoms with E-state index in [4.69, 9.17) is 4.74 Å². The van der Waals surface area contributed by atoms with Gasteiger partial charge >= 0.3 is 5.97 Å². The molecule has 0 saturated heterocycles. The summed E-state index contributed by atoms with van der Waals surface area (Å²) in [6.45, 7) is 3.86. The van der Waals surface area contributed by atoms with Gasteiger partial charge in [-0.2, -0.15) is 0 Å². The van der Waals surface area contributed by atoms with E-state index in [0.29, 0.717) is 28.7 Å². The average molecular weight is 305 g/mol. The number of carbonyl (C=O) groups excluding carboxylic acids is 2. The lowest BCUT2D eigenvalue weighted by Gasteiger charge is -2.03. The molecule has 0 spiro atoms. The first kappa shape index (κ1) is 15.1. The Morgan fingerprint density at radius 2 is 2.24 bits per heavy atom. The first-order valence-electron chi connectivity index (χ1n) is 6.43. The molecular weight excluding hydrogens is 290 g/mol. The first-order valence-corrected chi connectivity index (χ1v) is 7.31. The number of nitrogens with one attached hydrogen (secondary N) is 1. The van der Waals surface area contributed by atoms with Gasteiger partial charge in [-0.1, -0.05) is 0 Å². The number of nitrogens with zero attached hydrogens (tertiary/aromatic N) is 2. The topological polar surface area (TPSA) is 81.2 Å². The lowest BCUT2D eigenvalue weighted by Crippen LogP contribution is -2.14. The maximum atomic E-state index is 12.1. The summed E-state index contributed by atoms with van der Waals surface area (Å²) in [4.78, 5) is 31.7. The lowest BCUT2D eigenvalue weighted by atomic mass is 10.2. The van der Waals surface area contributed by atoms with Crippen molar-refractivity contribution in [2.45, 2.75) is 20.3 Å². The van der Waals surface area contributed by atoms with E-state index in [0.717, 1.165) is 0 Å². The minimum atomic E-state index is -0.330. The Kier molecular flexibility index (Phi) is 4.99. The van der Waals surface area contributed by atoms with Crippen LogP contribution < -0.4 is 5.32 Å². The predicted octanol–water partition coefficient (Wildman–Crippen LogP) is 2.20. The smallest absolute Gasteiger partial charge is 0.311 e. The van der Waals surface area contributed by atoms with Crippen LogP contribution >= 0.6 is 11.3 Å². The van der Waals surface area contributed by atoms with E-state index >= 15 is 0 Å². The Hall–Kier alpha value is -2.28. The zero-order chi connectivity index (χ0) is 15.2. The second kappa shape index (κ2) is 6.94. The third-order valence-corrected chi connectivity index (χ3v) is 3.46. The molecule has 0 atom stereocenters. The number of ether oxygens (including phenoxy) is 1. The summed E-state index contributed by atoms with van der Waals surface area (Å²) in [5.74, 6) is -0.596. The highest BCUT2D eigenvalue weighted by Gasteiger charge is 2.13. The van der Waals surface area contributed by atoms with Gasteiger partial charge in [-0.3, -0.25) is 19.9 Å². The number of hydrogen-bond acceptors (Lipinski definition) is 6. The largest absolute Gasteiger partial charge is 0.466 e. The summed E-state index contributed by atoms with van der Waals surface area (Å²) in [6, 6.07) is 3.40. The molecule has 0 aliphatic heterocycles. The van der Waals surface area contributed by atoms with Crippen LogP contribution in [0.1, 0.15) is 28.7 Å². The minimum Gasteiger partial charge on any atom is -0.466 e. The molecular formula is C14H15N3O3S. The summed E-state index contributed by atoms with van der Waals surface area (Å²) in [5, 5.41) is 4.87. The summed E-state index contributed by atoms with van der Waals surface area (Å²) in [6.07, 6.45) is 1.74. The molecule has 1 amide bonds. The van der Waals surface area contributed by atoms with Gasteiger partial charge < -0.3 is 4.74 Å². The number of aryl methyl sites for hydroxylation is 1. The summed E-state index contributed by atoms with van der Waals surface area (Å²) in [5.41, 5.74) is 1.73. The summed E-state index contributed by atoms with van der Waals surface area (Å²) < 4.78 is 4.85. The van der Waals surface area contributed by atoms with Crippen molar-refractivity contribution in [3.05, 3.63) is 40.7 Å². The Balaban J connectivity index is 2.01. The zero-order valence-electron chi connectivity index (χ0n) is 11.8. The van der Waals surface area contributed by atoms with Crippen LogP contribution in [0.5, 0.6) is 0 Å². The molecule has 0 unspecified atom stereocenters. The van der Waals surface area contributed by atoms with Crippen molar-refractivity contribution < 1.29 is 14.3 Å². The van der Waals surface area contributed by atoms with Gasteiger partial charge in [0.1, 0.15) is 0 Å². The maximum absolute atomic E-state index is 12.1. The van der Waals surface area contributed by atoms with Gasteiger partial charge in [-0.05, 0) is 26.0 Å². The van der Waals surface area contributed by atoms with Crippen molar-refractivity contribution in [3.63, 3.8) is 0 Å². The lowest BCUT2D eigenvalue weighted by molar-refractivity contribution is -0.142. The Labute approximate surface area is 126 Å². The standard InChI is InChI=1S/C14H15N3O3S/c1-3-20-12(18)7-10-8-21-14(16-10)17-13(19)11-5-4-6-15-9(11)2/h4-6,8H,3,7H2,1-2H3,(H,16,17,19). The SMILES string of the molecule is CCOC(=O)Cc1csc(NC(=O)c2cccnc2C)n1. The predicted molar refractivity (Wildman–Crippen MR) is 79.4 cm³/mol. The molecule has 0 aliphatic rings. The van der Waals surface area contributed by atoms with E-state index < -0.39 is 0 Å². The minimum absolute atomic E-state index is 0.103. The fourth-order valence-corrected chi connectivity index (χ4v) is 2.40. The fourth-order valence-electron chi connectivity index (χ4n) is 1.69. The van der Waals surface area contributed by atoms with Gasteiger partial charge in [0.25, 0.3) is 5.91 Å². The third-order valence-electron chi connectivity index (χ3n) is 2.65. The van der Waals surface area contributed by atoms with Crippen molar-refractivity contribution in [1.82, 2.24) is 9.97 Å². The van der Waals surface area contributed by atoms with Gasteiger partial charge in [0.2, 0.25) is 0 Å². The van der Waals surface area contributed by atoms with E-state index in [1.807, 2.05) is 0 Å². The highest BCUT2D eigenvalue weighted by atomic mass is 32.1. The molecule has 1 N–H and O–H groups in total. The second-order valence-corrected chi connectivity index (χ2v) is 5.07. The van der Waals surface area contributed by atoms with Gasteiger partial charge in [-0.15, -0.1) is 11.3 Å². The summed E-state index contributed by atoms with van der Waals surface area (Å²) in [7, 11) is 0. The van der Waals surface area contributed by atoms with Crippen molar-refractivity contribution in [3.8, 4) is 0 Å². The second-order valence-electron chi connectivity index (χ2n) is 4.22. The quantitative estimate of drug-likeness (QED) is 0.856. The normalized spacial score (nSPS) is 10.2.